The van der Waals surface area contributed by atoms with Gasteiger partial charge in [0.05, 0.1) is 19.3 Å². The Morgan fingerprint density at radius 2 is 1.96 bits per heavy atom. The third-order valence-corrected chi connectivity index (χ3v) is 4.27. The van der Waals surface area contributed by atoms with Gasteiger partial charge in [-0.2, -0.15) is 0 Å². The first kappa shape index (κ1) is 15.6. The Labute approximate surface area is 135 Å². The van der Waals surface area contributed by atoms with Crippen molar-refractivity contribution in [1.82, 2.24) is 5.32 Å². The summed E-state index contributed by atoms with van der Waals surface area (Å²) in [6.07, 6.45) is 3.11. The summed E-state index contributed by atoms with van der Waals surface area (Å²) in [6, 6.07) is 12.1. The highest BCUT2D eigenvalue weighted by molar-refractivity contribution is 5.84. The van der Waals surface area contributed by atoms with E-state index in [-0.39, 0.29) is 12.2 Å². The smallest absolute Gasteiger partial charge is 0.312 e. The van der Waals surface area contributed by atoms with Crippen LogP contribution in [-0.2, 0) is 11.2 Å². The molecule has 1 heterocycles. The monoisotopic (exact) mass is 314 g/mol. The van der Waals surface area contributed by atoms with E-state index in [2.05, 4.69) is 29.6 Å². The van der Waals surface area contributed by atoms with Gasteiger partial charge >= 0.3 is 6.03 Å². The molecule has 0 aliphatic carbocycles. The number of hydrogen-bond acceptors (Lipinski definition) is 3. The zero-order valence-electron chi connectivity index (χ0n) is 13.2. The standard InChI is InChI=1S/C18H22N2O3/c1-22-15-5-4-13-8-12(2-3-14(13)10-15)9-16-6-7-17(23-16)11-20-18(19)21/h2-5,8,10,16-17H,6-7,9,11H2,1H3,(H3,19,20,21)/t16-,17-/m0/s1. The van der Waals surface area contributed by atoms with Crippen LogP contribution in [-0.4, -0.2) is 31.9 Å². The van der Waals surface area contributed by atoms with Crippen molar-refractivity contribution in [3.05, 3.63) is 42.0 Å². The van der Waals surface area contributed by atoms with Crippen LogP contribution in [0.15, 0.2) is 36.4 Å². The largest absolute Gasteiger partial charge is 0.497 e. The normalized spacial score (nSPS) is 20.6. The highest BCUT2D eigenvalue weighted by atomic mass is 16.5. The first-order chi connectivity index (χ1) is 11.1. The van der Waals surface area contributed by atoms with Crippen molar-refractivity contribution in [2.75, 3.05) is 13.7 Å². The van der Waals surface area contributed by atoms with E-state index >= 15 is 0 Å². The summed E-state index contributed by atoms with van der Waals surface area (Å²) in [5.41, 5.74) is 6.35. The summed E-state index contributed by atoms with van der Waals surface area (Å²) in [6.45, 7) is 0.489. The molecule has 122 valence electrons. The number of hydrogen-bond donors (Lipinski definition) is 2. The lowest BCUT2D eigenvalue weighted by Gasteiger charge is -2.14. The van der Waals surface area contributed by atoms with Crippen molar-refractivity contribution in [3.8, 4) is 5.75 Å². The van der Waals surface area contributed by atoms with Crippen LogP contribution in [0.25, 0.3) is 10.8 Å². The molecular formula is C18H22N2O3. The topological polar surface area (TPSA) is 73.6 Å². The lowest BCUT2D eigenvalue weighted by molar-refractivity contribution is 0.0474. The molecule has 2 amide bonds. The van der Waals surface area contributed by atoms with Crippen LogP contribution in [0.4, 0.5) is 4.79 Å². The van der Waals surface area contributed by atoms with Crippen molar-refractivity contribution in [2.45, 2.75) is 31.5 Å². The van der Waals surface area contributed by atoms with E-state index in [4.69, 9.17) is 15.2 Å². The molecule has 3 rings (SSSR count). The highest BCUT2D eigenvalue weighted by Gasteiger charge is 2.25. The van der Waals surface area contributed by atoms with Gasteiger partial charge in [0.2, 0.25) is 0 Å². The maximum atomic E-state index is 10.7. The van der Waals surface area contributed by atoms with E-state index in [1.165, 1.54) is 16.3 Å². The number of benzene rings is 2. The van der Waals surface area contributed by atoms with Crippen LogP contribution in [0.3, 0.4) is 0 Å². The maximum absolute atomic E-state index is 10.7. The molecule has 1 fully saturated rings. The second-order valence-corrected chi connectivity index (χ2v) is 5.95. The minimum atomic E-state index is -0.498. The van der Waals surface area contributed by atoms with Crippen molar-refractivity contribution in [2.24, 2.45) is 5.73 Å². The quantitative estimate of drug-likeness (QED) is 0.891. The fourth-order valence-corrected chi connectivity index (χ4v) is 3.08. The minimum absolute atomic E-state index is 0.0669. The molecule has 23 heavy (non-hydrogen) atoms. The maximum Gasteiger partial charge on any atom is 0.312 e. The lowest BCUT2D eigenvalue weighted by Crippen LogP contribution is -2.36. The molecule has 3 N–H and O–H groups in total. The fourth-order valence-electron chi connectivity index (χ4n) is 3.08. The zero-order chi connectivity index (χ0) is 16.2. The highest BCUT2D eigenvalue weighted by Crippen LogP contribution is 2.26. The molecule has 0 saturated carbocycles. The third-order valence-electron chi connectivity index (χ3n) is 4.27. The average Bonchev–Trinajstić information content (AvgIpc) is 3.00. The molecule has 0 bridgehead atoms. The Kier molecular flexibility index (Phi) is 4.67. The lowest BCUT2D eigenvalue weighted by atomic mass is 10.0. The molecule has 1 aliphatic rings. The van der Waals surface area contributed by atoms with E-state index in [1.54, 1.807) is 7.11 Å². The van der Waals surface area contributed by atoms with E-state index in [9.17, 15) is 4.79 Å². The van der Waals surface area contributed by atoms with Gasteiger partial charge in [-0.15, -0.1) is 0 Å². The van der Waals surface area contributed by atoms with Crippen LogP contribution >= 0.6 is 0 Å². The predicted octanol–water partition coefficient (Wildman–Crippen LogP) is 2.61. The molecule has 2 aromatic rings. The van der Waals surface area contributed by atoms with Crippen LogP contribution < -0.4 is 15.8 Å². The van der Waals surface area contributed by atoms with Gasteiger partial charge < -0.3 is 20.5 Å². The van der Waals surface area contributed by atoms with Gasteiger partial charge in [-0.1, -0.05) is 24.3 Å². The number of rotatable bonds is 5. The number of methoxy groups -OCH3 is 1. The molecule has 2 aromatic carbocycles. The minimum Gasteiger partial charge on any atom is -0.497 e. The van der Waals surface area contributed by atoms with Gasteiger partial charge in [0.15, 0.2) is 0 Å². The van der Waals surface area contributed by atoms with Crippen molar-refractivity contribution >= 4 is 16.8 Å². The summed E-state index contributed by atoms with van der Waals surface area (Å²) >= 11 is 0. The van der Waals surface area contributed by atoms with Crippen molar-refractivity contribution < 1.29 is 14.3 Å². The van der Waals surface area contributed by atoms with Gasteiger partial charge in [0.1, 0.15) is 5.75 Å². The number of nitrogens with one attached hydrogen (secondary N) is 1. The second-order valence-electron chi connectivity index (χ2n) is 5.95. The summed E-state index contributed by atoms with van der Waals surface area (Å²) in [5.74, 6) is 0.870. The summed E-state index contributed by atoms with van der Waals surface area (Å²) in [7, 11) is 1.68. The van der Waals surface area contributed by atoms with Gasteiger partial charge in [0.25, 0.3) is 0 Å². The fraction of sp³-hybridized carbons (Fsp3) is 0.389. The number of urea groups is 1. The molecule has 1 saturated heterocycles. The Bertz CT molecular complexity index is 702. The molecule has 2 atom stereocenters. The predicted molar refractivity (Wildman–Crippen MR) is 89.7 cm³/mol. The molecule has 0 radical (unpaired) electrons. The van der Waals surface area contributed by atoms with Crippen LogP contribution in [0.1, 0.15) is 18.4 Å². The van der Waals surface area contributed by atoms with Crippen molar-refractivity contribution in [3.63, 3.8) is 0 Å². The summed E-state index contributed by atoms with van der Waals surface area (Å²) < 4.78 is 11.2. The molecule has 1 aliphatic heterocycles. The number of ether oxygens (including phenoxy) is 2. The number of amides is 2. The molecule has 5 heteroatoms. The molecule has 5 nitrogen and oxygen atoms in total. The van der Waals surface area contributed by atoms with E-state index in [0.717, 1.165) is 25.0 Å². The Balaban J connectivity index is 1.62. The summed E-state index contributed by atoms with van der Waals surface area (Å²) in [5, 5.41) is 4.98. The van der Waals surface area contributed by atoms with Crippen LogP contribution in [0, 0.1) is 0 Å². The first-order valence-corrected chi connectivity index (χ1v) is 7.89. The molecule has 0 aromatic heterocycles. The third kappa shape index (κ3) is 3.93. The number of fused-ring (bicyclic) bond motifs is 1. The van der Waals surface area contributed by atoms with E-state index in [1.807, 2.05) is 12.1 Å². The van der Waals surface area contributed by atoms with Crippen LogP contribution in [0.5, 0.6) is 5.75 Å². The molecule has 0 unspecified atom stereocenters. The van der Waals surface area contributed by atoms with Gasteiger partial charge in [-0.05, 0) is 47.7 Å². The first-order valence-electron chi connectivity index (χ1n) is 7.89. The Morgan fingerprint density at radius 1 is 1.22 bits per heavy atom. The number of nitrogens with two attached hydrogens (primary N) is 1. The number of carbonyl (C=O) groups excluding carboxylic acids is 1. The van der Waals surface area contributed by atoms with Gasteiger partial charge in [0, 0.05) is 6.54 Å². The zero-order valence-corrected chi connectivity index (χ0v) is 13.2. The van der Waals surface area contributed by atoms with Gasteiger partial charge in [-0.3, -0.25) is 0 Å². The average molecular weight is 314 g/mol. The van der Waals surface area contributed by atoms with Gasteiger partial charge in [-0.25, -0.2) is 4.79 Å². The van der Waals surface area contributed by atoms with E-state index in [0.29, 0.717) is 6.54 Å². The SMILES string of the molecule is COc1ccc2cc(C[C@@H]3CC[C@@H](CNC(N)=O)O3)ccc2c1. The number of carbonyl (C=O) groups is 1. The Hall–Kier alpha value is -2.27. The van der Waals surface area contributed by atoms with Crippen molar-refractivity contribution in [1.29, 1.82) is 0 Å². The Morgan fingerprint density at radius 3 is 2.74 bits per heavy atom. The molecule has 0 spiro atoms. The van der Waals surface area contributed by atoms with Crippen LogP contribution in [0.2, 0.25) is 0 Å². The number of primary amides is 1. The second kappa shape index (κ2) is 6.87. The van der Waals surface area contributed by atoms with E-state index < -0.39 is 6.03 Å². The molecular weight excluding hydrogens is 292 g/mol. The summed E-state index contributed by atoms with van der Waals surface area (Å²) in [4.78, 5) is 10.7.